The summed E-state index contributed by atoms with van der Waals surface area (Å²) in [6, 6.07) is 9.51. The molecule has 3 unspecified atom stereocenters. The van der Waals surface area contributed by atoms with Gasteiger partial charge in [-0.05, 0) is 36.3 Å². The van der Waals surface area contributed by atoms with E-state index in [2.05, 4.69) is 29.6 Å². The zero-order valence-electron chi connectivity index (χ0n) is 11.8. The van der Waals surface area contributed by atoms with Crippen molar-refractivity contribution >= 4 is 16.9 Å². The predicted octanol–water partition coefficient (Wildman–Crippen LogP) is 3.58. The van der Waals surface area contributed by atoms with Gasteiger partial charge in [-0.3, -0.25) is 4.99 Å². The molecule has 1 saturated carbocycles. The summed E-state index contributed by atoms with van der Waals surface area (Å²) in [4.78, 5) is 4.86. The Morgan fingerprint density at radius 1 is 1.20 bits per heavy atom. The summed E-state index contributed by atoms with van der Waals surface area (Å²) in [7, 11) is 0. The van der Waals surface area contributed by atoms with Crippen molar-refractivity contribution < 1.29 is 0 Å². The van der Waals surface area contributed by atoms with Gasteiger partial charge in [-0.1, -0.05) is 48.9 Å². The van der Waals surface area contributed by atoms with Crippen molar-refractivity contribution in [1.82, 2.24) is 5.32 Å². The number of thioether (sulfide) groups is 1. The first kappa shape index (κ1) is 12.8. The number of aliphatic imine (C=N–C) groups is 1. The molecule has 1 aromatic carbocycles. The summed E-state index contributed by atoms with van der Waals surface area (Å²) in [6.07, 6.45) is 6.78. The standard InChI is InChI=1S/C17H22N2S/c1-3-7-15-12(5-1)9-14(15)10-18-17-19-16-8-4-2-6-13(16)11-20-17/h1,3,5,7,13-14,16H,2,4,6,8-11H2,(H,18,19). The van der Waals surface area contributed by atoms with Gasteiger partial charge in [0.1, 0.15) is 0 Å². The van der Waals surface area contributed by atoms with Crippen LogP contribution in [0.15, 0.2) is 29.3 Å². The van der Waals surface area contributed by atoms with Crippen molar-refractivity contribution in [2.75, 3.05) is 12.3 Å². The van der Waals surface area contributed by atoms with E-state index in [0.29, 0.717) is 12.0 Å². The molecular weight excluding hydrogens is 264 g/mol. The molecule has 106 valence electrons. The molecule has 3 aliphatic rings. The molecule has 2 fully saturated rings. The molecule has 0 radical (unpaired) electrons. The summed E-state index contributed by atoms with van der Waals surface area (Å²) < 4.78 is 0. The summed E-state index contributed by atoms with van der Waals surface area (Å²) >= 11 is 1.95. The van der Waals surface area contributed by atoms with E-state index in [1.807, 2.05) is 11.8 Å². The van der Waals surface area contributed by atoms with Crippen LogP contribution in [0.25, 0.3) is 0 Å². The first-order valence-corrected chi connectivity index (χ1v) is 8.90. The van der Waals surface area contributed by atoms with Crippen molar-refractivity contribution in [2.45, 2.75) is 44.1 Å². The van der Waals surface area contributed by atoms with Crippen molar-refractivity contribution in [3.05, 3.63) is 35.4 Å². The molecule has 4 rings (SSSR count). The zero-order valence-corrected chi connectivity index (χ0v) is 12.7. The quantitative estimate of drug-likeness (QED) is 0.898. The molecule has 0 spiro atoms. The highest BCUT2D eigenvalue weighted by Crippen LogP contribution is 2.36. The maximum atomic E-state index is 4.86. The Bertz CT molecular complexity index is 525. The van der Waals surface area contributed by atoms with Gasteiger partial charge in [0.15, 0.2) is 5.17 Å². The molecule has 0 amide bonds. The fraction of sp³-hybridized carbons (Fsp3) is 0.588. The Kier molecular flexibility index (Phi) is 3.47. The Labute approximate surface area is 125 Å². The first-order valence-electron chi connectivity index (χ1n) is 7.92. The highest BCUT2D eigenvalue weighted by atomic mass is 32.2. The third-order valence-electron chi connectivity index (χ3n) is 5.07. The number of hydrogen-bond donors (Lipinski definition) is 1. The lowest BCUT2D eigenvalue weighted by Crippen LogP contribution is -2.46. The van der Waals surface area contributed by atoms with Crippen LogP contribution in [0, 0.1) is 5.92 Å². The van der Waals surface area contributed by atoms with E-state index in [4.69, 9.17) is 4.99 Å². The fourth-order valence-electron chi connectivity index (χ4n) is 3.79. The van der Waals surface area contributed by atoms with Gasteiger partial charge in [0.05, 0.1) is 0 Å². The third-order valence-corrected chi connectivity index (χ3v) is 6.18. The highest BCUT2D eigenvalue weighted by Gasteiger charge is 2.31. The van der Waals surface area contributed by atoms with Gasteiger partial charge in [-0.25, -0.2) is 0 Å². The van der Waals surface area contributed by atoms with Crippen molar-refractivity contribution in [2.24, 2.45) is 10.9 Å². The van der Waals surface area contributed by atoms with E-state index >= 15 is 0 Å². The van der Waals surface area contributed by atoms with Crippen LogP contribution in [-0.4, -0.2) is 23.5 Å². The SMILES string of the molecule is c1ccc2c(c1)CC2CN=C1NC2CCCCC2CS1. The highest BCUT2D eigenvalue weighted by molar-refractivity contribution is 8.13. The van der Waals surface area contributed by atoms with Gasteiger partial charge in [0, 0.05) is 24.3 Å². The maximum Gasteiger partial charge on any atom is 0.156 e. The van der Waals surface area contributed by atoms with Crippen molar-refractivity contribution in [3.63, 3.8) is 0 Å². The second-order valence-corrected chi connectivity index (χ2v) is 7.36. The molecule has 1 aromatic rings. The molecule has 3 atom stereocenters. The van der Waals surface area contributed by atoms with Gasteiger partial charge < -0.3 is 5.32 Å². The van der Waals surface area contributed by atoms with E-state index in [-0.39, 0.29) is 0 Å². The molecule has 1 heterocycles. The van der Waals surface area contributed by atoms with Crippen LogP contribution in [0.1, 0.15) is 42.7 Å². The monoisotopic (exact) mass is 286 g/mol. The van der Waals surface area contributed by atoms with Gasteiger partial charge in [0.2, 0.25) is 0 Å². The van der Waals surface area contributed by atoms with Crippen LogP contribution in [0.4, 0.5) is 0 Å². The molecule has 20 heavy (non-hydrogen) atoms. The number of nitrogens with zero attached hydrogens (tertiary/aromatic N) is 1. The summed E-state index contributed by atoms with van der Waals surface area (Å²) in [5, 5.41) is 4.90. The molecule has 0 bridgehead atoms. The molecule has 2 aliphatic carbocycles. The Morgan fingerprint density at radius 3 is 3.05 bits per heavy atom. The predicted molar refractivity (Wildman–Crippen MR) is 86.5 cm³/mol. The average Bonchev–Trinajstić information content (AvgIpc) is 2.48. The first-order chi connectivity index (χ1) is 9.90. The molecule has 0 aromatic heterocycles. The van der Waals surface area contributed by atoms with E-state index in [1.165, 1.54) is 54.2 Å². The van der Waals surface area contributed by atoms with Crippen LogP contribution >= 0.6 is 11.8 Å². The lowest BCUT2D eigenvalue weighted by molar-refractivity contribution is 0.311. The number of benzene rings is 1. The fourth-order valence-corrected chi connectivity index (χ4v) is 4.96. The molecular formula is C17H22N2S. The molecule has 1 aliphatic heterocycles. The number of nitrogens with one attached hydrogen (secondary N) is 1. The lowest BCUT2D eigenvalue weighted by atomic mass is 9.78. The second-order valence-electron chi connectivity index (χ2n) is 6.35. The third kappa shape index (κ3) is 2.37. The van der Waals surface area contributed by atoms with E-state index < -0.39 is 0 Å². The average molecular weight is 286 g/mol. The van der Waals surface area contributed by atoms with Crippen molar-refractivity contribution in [1.29, 1.82) is 0 Å². The number of amidine groups is 1. The van der Waals surface area contributed by atoms with Crippen LogP contribution in [0.3, 0.4) is 0 Å². The van der Waals surface area contributed by atoms with Crippen molar-refractivity contribution in [3.8, 4) is 0 Å². The molecule has 2 nitrogen and oxygen atoms in total. The van der Waals surface area contributed by atoms with E-state index in [0.717, 1.165) is 12.5 Å². The Morgan fingerprint density at radius 2 is 2.10 bits per heavy atom. The second kappa shape index (κ2) is 5.44. The summed E-state index contributed by atoms with van der Waals surface area (Å²) in [5.41, 5.74) is 3.04. The minimum Gasteiger partial charge on any atom is -0.362 e. The minimum atomic E-state index is 0.658. The Hall–Kier alpha value is -0.960. The Balaban J connectivity index is 1.37. The van der Waals surface area contributed by atoms with Gasteiger partial charge in [0.25, 0.3) is 0 Å². The summed E-state index contributed by atoms with van der Waals surface area (Å²) in [6.45, 7) is 0.962. The largest absolute Gasteiger partial charge is 0.362 e. The molecule has 1 N–H and O–H groups in total. The minimum absolute atomic E-state index is 0.658. The van der Waals surface area contributed by atoms with E-state index in [9.17, 15) is 0 Å². The van der Waals surface area contributed by atoms with Crippen LogP contribution in [0.2, 0.25) is 0 Å². The lowest BCUT2D eigenvalue weighted by Gasteiger charge is -2.37. The zero-order chi connectivity index (χ0) is 13.4. The van der Waals surface area contributed by atoms with E-state index in [1.54, 1.807) is 0 Å². The van der Waals surface area contributed by atoms with Crippen LogP contribution in [0.5, 0.6) is 0 Å². The normalized spacial score (nSPS) is 33.8. The number of rotatable bonds is 2. The molecule has 3 heteroatoms. The van der Waals surface area contributed by atoms with Crippen LogP contribution in [-0.2, 0) is 6.42 Å². The smallest absolute Gasteiger partial charge is 0.156 e. The summed E-state index contributed by atoms with van der Waals surface area (Å²) in [5.74, 6) is 2.82. The number of fused-ring (bicyclic) bond motifs is 2. The van der Waals surface area contributed by atoms with Crippen LogP contribution < -0.4 is 5.32 Å². The van der Waals surface area contributed by atoms with Gasteiger partial charge >= 0.3 is 0 Å². The maximum absolute atomic E-state index is 4.86. The molecule has 1 saturated heterocycles. The van der Waals surface area contributed by atoms with Gasteiger partial charge in [-0.15, -0.1) is 0 Å². The van der Waals surface area contributed by atoms with Gasteiger partial charge in [-0.2, -0.15) is 0 Å². The number of hydrogen-bond acceptors (Lipinski definition) is 2. The topological polar surface area (TPSA) is 24.4 Å².